The number of aryl methyl sites for hydroxylation is 1. The first kappa shape index (κ1) is 19.1. The number of likely N-dealkylation sites (tertiary alicyclic amines) is 2. The van der Waals surface area contributed by atoms with Crippen LogP contribution in [0.2, 0.25) is 0 Å². The van der Waals surface area contributed by atoms with Crippen molar-refractivity contribution >= 4 is 11.7 Å². The predicted molar refractivity (Wildman–Crippen MR) is 104 cm³/mol. The Balaban J connectivity index is 1.56. The largest absolute Gasteiger partial charge is 0.340 e. The van der Waals surface area contributed by atoms with Gasteiger partial charge in [0.05, 0.1) is 5.54 Å². The molecule has 1 aromatic rings. The van der Waals surface area contributed by atoms with Crippen molar-refractivity contribution in [1.82, 2.24) is 9.80 Å². The zero-order chi connectivity index (χ0) is 18.6. The van der Waals surface area contributed by atoms with Crippen LogP contribution in [0.3, 0.4) is 0 Å². The number of piperidine rings is 1. The number of ketones is 1. The van der Waals surface area contributed by atoms with Crippen molar-refractivity contribution in [3.05, 3.63) is 35.9 Å². The Labute approximate surface area is 157 Å². The molecule has 1 unspecified atom stereocenters. The molecule has 1 aromatic carbocycles. The number of amides is 1. The van der Waals surface area contributed by atoms with Crippen LogP contribution in [-0.4, -0.2) is 53.2 Å². The van der Waals surface area contributed by atoms with E-state index in [1.165, 1.54) is 18.4 Å². The van der Waals surface area contributed by atoms with Crippen molar-refractivity contribution in [3.63, 3.8) is 0 Å². The summed E-state index contributed by atoms with van der Waals surface area (Å²) in [4.78, 5) is 30.1. The van der Waals surface area contributed by atoms with Gasteiger partial charge < -0.3 is 4.90 Å². The molecule has 2 heterocycles. The van der Waals surface area contributed by atoms with E-state index in [1.807, 2.05) is 36.9 Å². The fourth-order valence-electron chi connectivity index (χ4n) is 4.34. The quantitative estimate of drug-likeness (QED) is 0.785. The summed E-state index contributed by atoms with van der Waals surface area (Å²) >= 11 is 0. The standard InChI is InChI=1S/C22H32N2O2/c1-22(2,24-15-6-7-16-24)21(26)23-14-8-11-19(17-23)20(25)13-12-18-9-4-3-5-10-18/h3-5,9-10,19H,6-8,11-17H2,1-2H3. The first-order valence-corrected chi connectivity index (χ1v) is 10.1. The average Bonchev–Trinajstić information content (AvgIpc) is 3.22. The summed E-state index contributed by atoms with van der Waals surface area (Å²) < 4.78 is 0. The maximum absolute atomic E-state index is 13.1. The van der Waals surface area contributed by atoms with Crippen molar-refractivity contribution in [1.29, 1.82) is 0 Å². The molecule has 2 aliphatic heterocycles. The molecule has 0 aromatic heterocycles. The van der Waals surface area contributed by atoms with E-state index in [0.717, 1.165) is 38.9 Å². The van der Waals surface area contributed by atoms with Gasteiger partial charge in [0.2, 0.25) is 5.91 Å². The third-order valence-corrected chi connectivity index (χ3v) is 6.09. The number of hydrogen-bond acceptors (Lipinski definition) is 3. The lowest BCUT2D eigenvalue weighted by molar-refractivity contribution is -0.145. The summed E-state index contributed by atoms with van der Waals surface area (Å²) in [5.41, 5.74) is 0.755. The topological polar surface area (TPSA) is 40.6 Å². The average molecular weight is 357 g/mol. The zero-order valence-corrected chi connectivity index (χ0v) is 16.2. The summed E-state index contributed by atoms with van der Waals surface area (Å²) in [6.07, 6.45) is 5.58. The van der Waals surface area contributed by atoms with E-state index in [9.17, 15) is 9.59 Å². The number of benzene rings is 1. The highest BCUT2D eigenvalue weighted by Gasteiger charge is 2.40. The van der Waals surface area contributed by atoms with Crippen LogP contribution in [0.4, 0.5) is 0 Å². The van der Waals surface area contributed by atoms with E-state index in [2.05, 4.69) is 17.0 Å². The van der Waals surface area contributed by atoms with Crippen molar-refractivity contribution in [2.45, 2.75) is 57.9 Å². The Bertz CT molecular complexity index is 620. The van der Waals surface area contributed by atoms with Crippen molar-refractivity contribution in [2.75, 3.05) is 26.2 Å². The molecule has 0 spiro atoms. The molecule has 2 saturated heterocycles. The molecule has 0 aliphatic carbocycles. The molecular formula is C22H32N2O2. The van der Waals surface area contributed by atoms with Crippen LogP contribution in [0.15, 0.2) is 30.3 Å². The van der Waals surface area contributed by atoms with E-state index in [0.29, 0.717) is 18.7 Å². The lowest BCUT2D eigenvalue weighted by Crippen LogP contribution is -2.57. The molecular weight excluding hydrogens is 324 g/mol. The number of nitrogens with zero attached hydrogens (tertiary/aromatic N) is 2. The van der Waals surface area contributed by atoms with E-state index in [-0.39, 0.29) is 11.8 Å². The predicted octanol–water partition coefficient (Wildman–Crippen LogP) is 3.30. The van der Waals surface area contributed by atoms with Crippen LogP contribution in [0.5, 0.6) is 0 Å². The van der Waals surface area contributed by atoms with Gasteiger partial charge in [-0.25, -0.2) is 0 Å². The zero-order valence-electron chi connectivity index (χ0n) is 16.2. The molecule has 1 amide bonds. The Morgan fingerprint density at radius 1 is 1.04 bits per heavy atom. The Kier molecular flexibility index (Phi) is 6.13. The summed E-state index contributed by atoms with van der Waals surface area (Å²) in [6, 6.07) is 10.2. The number of Topliss-reactive ketones (excluding diaryl/α,β-unsaturated/α-hetero) is 1. The molecule has 0 radical (unpaired) electrons. The van der Waals surface area contributed by atoms with Gasteiger partial charge in [0.1, 0.15) is 5.78 Å². The maximum Gasteiger partial charge on any atom is 0.242 e. The van der Waals surface area contributed by atoms with Crippen LogP contribution in [0.25, 0.3) is 0 Å². The maximum atomic E-state index is 13.1. The van der Waals surface area contributed by atoms with Crippen molar-refractivity contribution in [2.24, 2.45) is 5.92 Å². The van der Waals surface area contributed by atoms with Gasteiger partial charge in [0.15, 0.2) is 0 Å². The molecule has 26 heavy (non-hydrogen) atoms. The molecule has 142 valence electrons. The van der Waals surface area contributed by atoms with E-state index in [4.69, 9.17) is 0 Å². The molecule has 0 N–H and O–H groups in total. The molecule has 2 fully saturated rings. The van der Waals surface area contributed by atoms with Gasteiger partial charge in [-0.3, -0.25) is 14.5 Å². The third kappa shape index (κ3) is 4.35. The van der Waals surface area contributed by atoms with Crippen LogP contribution in [0, 0.1) is 5.92 Å². The number of carbonyl (C=O) groups is 2. The van der Waals surface area contributed by atoms with Gasteiger partial charge in [-0.05, 0) is 64.6 Å². The SMILES string of the molecule is CC(C)(C(=O)N1CCCC(C(=O)CCc2ccccc2)C1)N1CCCC1. The van der Waals surface area contributed by atoms with Gasteiger partial charge in [0.25, 0.3) is 0 Å². The lowest BCUT2D eigenvalue weighted by Gasteiger charge is -2.41. The lowest BCUT2D eigenvalue weighted by atomic mass is 9.89. The second-order valence-corrected chi connectivity index (χ2v) is 8.30. The molecule has 4 nitrogen and oxygen atoms in total. The van der Waals surface area contributed by atoms with Crippen molar-refractivity contribution < 1.29 is 9.59 Å². The second kappa shape index (κ2) is 8.34. The summed E-state index contributed by atoms with van der Waals surface area (Å²) in [5.74, 6) is 0.510. The van der Waals surface area contributed by atoms with Crippen LogP contribution in [0.1, 0.15) is 51.5 Å². The number of rotatable bonds is 6. The second-order valence-electron chi connectivity index (χ2n) is 8.30. The van der Waals surface area contributed by atoms with Gasteiger partial charge in [-0.1, -0.05) is 30.3 Å². The third-order valence-electron chi connectivity index (χ3n) is 6.09. The highest BCUT2D eigenvalue weighted by molar-refractivity contribution is 5.87. The number of carbonyl (C=O) groups excluding carboxylic acids is 2. The van der Waals surface area contributed by atoms with Gasteiger partial charge in [-0.2, -0.15) is 0 Å². The summed E-state index contributed by atoms with van der Waals surface area (Å²) in [5, 5.41) is 0. The molecule has 0 bridgehead atoms. The van der Waals surface area contributed by atoms with E-state index >= 15 is 0 Å². The minimum absolute atomic E-state index is 0.00536. The minimum atomic E-state index is -0.453. The van der Waals surface area contributed by atoms with Crippen LogP contribution >= 0.6 is 0 Å². The smallest absolute Gasteiger partial charge is 0.242 e. The highest BCUT2D eigenvalue weighted by atomic mass is 16.2. The fourth-order valence-corrected chi connectivity index (χ4v) is 4.34. The Hall–Kier alpha value is -1.68. The molecule has 4 heteroatoms. The van der Waals surface area contributed by atoms with E-state index < -0.39 is 5.54 Å². The van der Waals surface area contributed by atoms with Gasteiger partial charge >= 0.3 is 0 Å². The molecule has 1 atom stereocenters. The first-order chi connectivity index (χ1) is 12.5. The minimum Gasteiger partial charge on any atom is -0.340 e. The van der Waals surface area contributed by atoms with Crippen molar-refractivity contribution in [3.8, 4) is 0 Å². The molecule has 2 aliphatic rings. The fraction of sp³-hybridized carbons (Fsp3) is 0.636. The van der Waals surface area contributed by atoms with E-state index in [1.54, 1.807) is 0 Å². The highest BCUT2D eigenvalue weighted by Crippen LogP contribution is 2.27. The Morgan fingerprint density at radius 2 is 1.73 bits per heavy atom. The molecule has 0 saturated carbocycles. The number of hydrogen-bond donors (Lipinski definition) is 0. The van der Waals surface area contributed by atoms with Crippen LogP contribution in [-0.2, 0) is 16.0 Å². The van der Waals surface area contributed by atoms with Gasteiger partial charge in [0, 0.05) is 25.4 Å². The summed E-state index contributed by atoms with van der Waals surface area (Å²) in [6.45, 7) is 7.49. The normalized spacial score (nSPS) is 21.8. The molecule has 3 rings (SSSR count). The summed E-state index contributed by atoms with van der Waals surface area (Å²) in [7, 11) is 0. The monoisotopic (exact) mass is 356 g/mol. The first-order valence-electron chi connectivity index (χ1n) is 10.1. The Morgan fingerprint density at radius 3 is 2.42 bits per heavy atom. The van der Waals surface area contributed by atoms with Crippen LogP contribution < -0.4 is 0 Å². The van der Waals surface area contributed by atoms with Gasteiger partial charge in [-0.15, -0.1) is 0 Å².